The van der Waals surface area contributed by atoms with Crippen LogP contribution in [0.4, 0.5) is 5.69 Å². The number of hydrogen-bond donors (Lipinski definition) is 2. The Hall–Kier alpha value is -3.41. The zero-order valence-corrected chi connectivity index (χ0v) is 17.6. The van der Waals surface area contributed by atoms with Crippen molar-refractivity contribution in [1.82, 2.24) is 15.2 Å². The van der Waals surface area contributed by atoms with Crippen LogP contribution in [0.15, 0.2) is 47.6 Å². The van der Waals surface area contributed by atoms with Gasteiger partial charge < -0.3 is 5.32 Å². The molecule has 29 heavy (non-hydrogen) atoms. The summed E-state index contributed by atoms with van der Waals surface area (Å²) in [5, 5.41) is 11.9. The molecule has 0 saturated carbocycles. The third kappa shape index (κ3) is 4.71. The molecule has 0 atom stereocenters. The molecule has 3 rings (SSSR count). The molecule has 0 aliphatic rings. The lowest BCUT2D eigenvalue weighted by atomic mass is 10.1. The summed E-state index contributed by atoms with van der Waals surface area (Å²) in [5.74, 6) is -0.202. The maximum Gasteiger partial charge on any atom is 0.259 e. The summed E-state index contributed by atoms with van der Waals surface area (Å²) in [7, 11) is 0. The summed E-state index contributed by atoms with van der Waals surface area (Å²) in [6.45, 7) is 10.2. The highest BCUT2D eigenvalue weighted by Crippen LogP contribution is 2.21. The fourth-order valence-electron chi connectivity index (χ4n) is 3.50. The van der Waals surface area contributed by atoms with Gasteiger partial charge in [0.25, 0.3) is 5.91 Å². The molecule has 6 heteroatoms. The molecule has 3 aromatic rings. The second-order valence-corrected chi connectivity index (χ2v) is 7.25. The first kappa shape index (κ1) is 20.3. The van der Waals surface area contributed by atoms with Crippen LogP contribution in [0.3, 0.4) is 0 Å². The number of hydrazone groups is 1. The van der Waals surface area contributed by atoms with E-state index in [1.807, 2.05) is 62.7 Å². The van der Waals surface area contributed by atoms with E-state index in [-0.39, 0.29) is 12.5 Å². The van der Waals surface area contributed by atoms with Crippen molar-refractivity contribution in [3.63, 3.8) is 0 Å². The standard InChI is InChI=1S/C23H27N5O/c1-15-11-16(2)23(17(3)12-15)24-14-22(29)26-25-13-21-18(4)27-28(19(21)5)20-9-7-6-8-10-20/h6-13,24H,14H2,1-5H3,(H,26,29)/b25-13-. The molecule has 0 bridgehead atoms. The molecule has 0 fully saturated rings. The van der Waals surface area contributed by atoms with Crippen LogP contribution in [0.25, 0.3) is 5.69 Å². The lowest BCUT2D eigenvalue weighted by Crippen LogP contribution is -2.26. The number of aryl methyl sites for hydroxylation is 4. The topological polar surface area (TPSA) is 71.3 Å². The number of hydrogen-bond acceptors (Lipinski definition) is 4. The van der Waals surface area contributed by atoms with Crippen molar-refractivity contribution in [3.8, 4) is 5.69 Å². The zero-order chi connectivity index (χ0) is 21.0. The lowest BCUT2D eigenvalue weighted by Gasteiger charge is -2.13. The Morgan fingerprint density at radius 1 is 1.07 bits per heavy atom. The van der Waals surface area contributed by atoms with Gasteiger partial charge in [-0.2, -0.15) is 10.2 Å². The van der Waals surface area contributed by atoms with Crippen molar-refractivity contribution in [2.75, 3.05) is 11.9 Å². The zero-order valence-electron chi connectivity index (χ0n) is 17.6. The third-order valence-corrected chi connectivity index (χ3v) is 4.83. The van der Waals surface area contributed by atoms with Crippen LogP contribution < -0.4 is 10.7 Å². The summed E-state index contributed by atoms with van der Waals surface area (Å²) in [5.41, 5.74) is 10.7. The van der Waals surface area contributed by atoms with E-state index in [1.54, 1.807) is 6.21 Å². The number of amides is 1. The SMILES string of the molecule is Cc1cc(C)c(NCC(=O)N/N=C\c2c(C)nn(-c3ccccc3)c2C)c(C)c1. The highest BCUT2D eigenvalue weighted by Gasteiger charge is 2.11. The molecule has 0 aliphatic heterocycles. The summed E-state index contributed by atoms with van der Waals surface area (Å²) in [6, 6.07) is 14.1. The van der Waals surface area contributed by atoms with Crippen molar-refractivity contribution >= 4 is 17.8 Å². The molecule has 0 unspecified atom stereocenters. The van der Waals surface area contributed by atoms with E-state index in [9.17, 15) is 4.79 Å². The molecular weight excluding hydrogens is 362 g/mol. The minimum absolute atomic E-state index is 0.156. The van der Waals surface area contributed by atoms with Crippen molar-refractivity contribution in [2.24, 2.45) is 5.10 Å². The van der Waals surface area contributed by atoms with Gasteiger partial charge in [0.1, 0.15) is 0 Å². The van der Waals surface area contributed by atoms with Crippen molar-refractivity contribution in [1.29, 1.82) is 0 Å². The molecule has 0 saturated heterocycles. The smallest absolute Gasteiger partial charge is 0.259 e. The molecular formula is C23H27N5O. The van der Waals surface area contributed by atoms with Crippen LogP contribution in [-0.4, -0.2) is 28.4 Å². The number of rotatable bonds is 6. The Balaban J connectivity index is 1.63. The van der Waals surface area contributed by atoms with Gasteiger partial charge in [-0.25, -0.2) is 10.1 Å². The van der Waals surface area contributed by atoms with Crippen molar-refractivity contribution in [3.05, 3.63) is 76.1 Å². The molecule has 0 aliphatic carbocycles. The average molecular weight is 390 g/mol. The highest BCUT2D eigenvalue weighted by atomic mass is 16.2. The van der Waals surface area contributed by atoms with E-state index < -0.39 is 0 Å². The maximum absolute atomic E-state index is 12.2. The van der Waals surface area contributed by atoms with Crippen LogP contribution in [0.5, 0.6) is 0 Å². The average Bonchev–Trinajstić information content (AvgIpc) is 2.96. The minimum Gasteiger partial charge on any atom is -0.376 e. The Labute approximate surface area is 171 Å². The van der Waals surface area contributed by atoms with E-state index in [4.69, 9.17) is 0 Å². The molecule has 0 radical (unpaired) electrons. The first-order valence-electron chi connectivity index (χ1n) is 9.62. The molecule has 0 spiro atoms. The van der Waals surface area contributed by atoms with E-state index in [2.05, 4.69) is 40.0 Å². The quantitative estimate of drug-likeness (QED) is 0.495. The van der Waals surface area contributed by atoms with Gasteiger partial charge in [-0.05, 0) is 57.9 Å². The van der Waals surface area contributed by atoms with Crippen LogP contribution in [-0.2, 0) is 4.79 Å². The Bertz CT molecular complexity index is 1030. The largest absolute Gasteiger partial charge is 0.376 e. The van der Waals surface area contributed by atoms with Gasteiger partial charge in [-0.1, -0.05) is 35.9 Å². The highest BCUT2D eigenvalue weighted by molar-refractivity contribution is 5.86. The number of nitrogens with zero attached hydrogens (tertiary/aromatic N) is 3. The van der Waals surface area contributed by atoms with Crippen LogP contribution in [0.2, 0.25) is 0 Å². The fraction of sp³-hybridized carbons (Fsp3) is 0.261. The number of anilines is 1. The molecule has 6 nitrogen and oxygen atoms in total. The summed E-state index contributed by atoms with van der Waals surface area (Å²) < 4.78 is 1.88. The maximum atomic E-state index is 12.2. The van der Waals surface area contributed by atoms with Gasteiger partial charge >= 0.3 is 0 Å². The van der Waals surface area contributed by atoms with Gasteiger partial charge in [0.05, 0.1) is 29.8 Å². The fourth-order valence-corrected chi connectivity index (χ4v) is 3.50. The van der Waals surface area contributed by atoms with Gasteiger partial charge in [0.2, 0.25) is 0 Å². The number of benzene rings is 2. The summed E-state index contributed by atoms with van der Waals surface area (Å²) in [6.07, 6.45) is 1.65. The van der Waals surface area contributed by atoms with Crippen molar-refractivity contribution < 1.29 is 4.79 Å². The Morgan fingerprint density at radius 3 is 2.38 bits per heavy atom. The Kier molecular flexibility index (Phi) is 6.12. The van der Waals surface area contributed by atoms with Crippen LogP contribution in [0, 0.1) is 34.6 Å². The second kappa shape index (κ2) is 8.73. The number of aromatic nitrogens is 2. The van der Waals surface area contributed by atoms with Gasteiger partial charge in [-0.3, -0.25) is 4.79 Å². The molecule has 150 valence electrons. The first-order chi connectivity index (χ1) is 13.9. The first-order valence-corrected chi connectivity index (χ1v) is 9.62. The van der Waals surface area contributed by atoms with Gasteiger partial charge in [0.15, 0.2) is 0 Å². The van der Waals surface area contributed by atoms with E-state index in [0.29, 0.717) is 0 Å². The van der Waals surface area contributed by atoms with Gasteiger partial charge in [-0.15, -0.1) is 0 Å². The normalized spacial score (nSPS) is 11.1. The second-order valence-electron chi connectivity index (χ2n) is 7.25. The van der Waals surface area contributed by atoms with E-state index >= 15 is 0 Å². The number of carbonyl (C=O) groups is 1. The molecule has 1 heterocycles. The molecule has 1 aromatic heterocycles. The predicted molar refractivity (Wildman–Crippen MR) is 118 cm³/mol. The third-order valence-electron chi connectivity index (χ3n) is 4.83. The van der Waals surface area contributed by atoms with E-state index in [1.165, 1.54) is 5.56 Å². The molecule has 1 amide bonds. The number of carbonyl (C=O) groups excluding carboxylic acids is 1. The lowest BCUT2D eigenvalue weighted by molar-refractivity contribution is -0.119. The van der Waals surface area contributed by atoms with Gasteiger partial charge in [0, 0.05) is 11.3 Å². The van der Waals surface area contributed by atoms with Crippen LogP contribution >= 0.6 is 0 Å². The minimum atomic E-state index is -0.202. The van der Waals surface area contributed by atoms with Crippen molar-refractivity contribution in [2.45, 2.75) is 34.6 Å². The van der Waals surface area contributed by atoms with Crippen LogP contribution in [0.1, 0.15) is 33.6 Å². The number of para-hydroxylation sites is 1. The predicted octanol–water partition coefficient (Wildman–Crippen LogP) is 3.98. The molecule has 2 N–H and O–H groups in total. The van der Waals surface area contributed by atoms with E-state index in [0.717, 1.165) is 39.5 Å². The Morgan fingerprint density at radius 2 is 1.72 bits per heavy atom. The monoisotopic (exact) mass is 389 g/mol. The molecule has 2 aromatic carbocycles. The number of nitrogens with one attached hydrogen (secondary N) is 2. The summed E-state index contributed by atoms with van der Waals surface area (Å²) in [4.78, 5) is 12.2. The summed E-state index contributed by atoms with van der Waals surface area (Å²) >= 11 is 0.